The van der Waals surface area contributed by atoms with Gasteiger partial charge in [0, 0.05) is 18.1 Å². The van der Waals surface area contributed by atoms with Crippen molar-refractivity contribution in [2.24, 2.45) is 0 Å². The van der Waals surface area contributed by atoms with Crippen LogP contribution in [0.25, 0.3) is 0 Å². The summed E-state index contributed by atoms with van der Waals surface area (Å²) in [5, 5.41) is 13.8. The summed E-state index contributed by atoms with van der Waals surface area (Å²) in [6.45, 7) is 3.22. The highest BCUT2D eigenvalue weighted by atomic mass is 35.5. The smallest absolute Gasteiger partial charge is 0.416 e. The topological polar surface area (TPSA) is 87.2 Å². The van der Waals surface area contributed by atoms with Crippen molar-refractivity contribution >= 4 is 29.3 Å². The van der Waals surface area contributed by atoms with Crippen LogP contribution < -0.4 is 9.80 Å². The van der Waals surface area contributed by atoms with Crippen LogP contribution >= 0.6 is 11.6 Å². The van der Waals surface area contributed by atoms with Crippen molar-refractivity contribution in [2.45, 2.75) is 57.7 Å². The number of tetrazole rings is 1. The van der Waals surface area contributed by atoms with Gasteiger partial charge in [0.2, 0.25) is 5.95 Å². The SMILES string of the molecule is CC(C)OC(=O)N1CCCC(N(Cc2cc(C(F)(F)F)cc(C(F)(F)F)c2)c2nnn[nH]2)c2ccc(Cl)cc21. The van der Waals surface area contributed by atoms with Gasteiger partial charge in [0.05, 0.1) is 29.0 Å². The number of ether oxygens (including phenoxy) is 1. The number of aromatic nitrogens is 4. The summed E-state index contributed by atoms with van der Waals surface area (Å²) >= 11 is 6.24. The van der Waals surface area contributed by atoms with Gasteiger partial charge in [0.15, 0.2) is 0 Å². The van der Waals surface area contributed by atoms with E-state index in [-0.39, 0.29) is 24.1 Å². The van der Waals surface area contributed by atoms with E-state index in [1.807, 2.05) is 0 Å². The first-order chi connectivity index (χ1) is 18.2. The molecule has 1 aliphatic rings. The van der Waals surface area contributed by atoms with Crippen LogP contribution in [-0.4, -0.2) is 39.4 Å². The van der Waals surface area contributed by atoms with Crippen LogP contribution in [0.3, 0.4) is 0 Å². The van der Waals surface area contributed by atoms with E-state index in [9.17, 15) is 31.1 Å². The number of H-pyrrole nitrogens is 1. The normalized spacial score (nSPS) is 16.2. The van der Waals surface area contributed by atoms with Crippen molar-refractivity contribution in [1.82, 2.24) is 20.6 Å². The van der Waals surface area contributed by atoms with Gasteiger partial charge in [-0.05, 0) is 78.6 Å². The fraction of sp³-hybridized carbons (Fsp3) is 0.417. The van der Waals surface area contributed by atoms with Crippen LogP contribution in [0.15, 0.2) is 36.4 Å². The Labute approximate surface area is 223 Å². The summed E-state index contributed by atoms with van der Waals surface area (Å²) < 4.78 is 86.5. The molecular weight excluding hydrogens is 554 g/mol. The predicted octanol–water partition coefficient (Wildman–Crippen LogP) is 6.78. The average molecular weight is 577 g/mol. The first kappa shape index (κ1) is 28.5. The van der Waals surface area contributed by atoms with Gasteiger partial charge in [-0.25, -0.2) is 9.89 Å². The van der Waals surface area contributed by atoms with Crippen molar-refractivity contribution in [3.8, 4) is 0 Å². The number of alkyl halides is 6. The number of carbonyl (C=O) groups is 1. The lowest BCUT2D eigenvalue weighted by atomic mass is 9.98. The summed E-state index contributed by atoms with van der Waals surface area (Å²) in [4.78, 5) is 15.8. The molecule has 8 nitrogen and oxygen atoms in total. The number of carbonyl (C=O) groups excluding carboxylic acids is 1. The molecule has 0 bridgehead atoms. The van der Waals surface area contributed by atoms with Crippen molar-refractivity contribution in [3.05, 3.63) is 63.7 Å². The van der Waals surface area contributed by atoms with Crippen LogP contribution in [0, 0.1) is 0 Å². The van der Waals surface area contributed by atoms with E-state index >= 15 is 0 Å². The molecule has 4 rings (SSSR count). The molecule has 1 aliphatic heterocycles. The number of rotatable bonds is 5. The molecule has 0 saturated carbocycles. The quantitative estimate of drug-likeness (QED) is 0.337. The number of nitrogens with one attached hydrogen (secondary N) is 1. The summed E-state index contributed by atoms with van der Waals surface area (Å²) in [7, 11) is 0. The Morgan fingerprint density at radius 1 is 1.13 bits per heavy atom. The van der Waals surface area contributed by atoms with E-state index in [2.05, 4.69) is 20.6 Å². The second-order valence-electron chi connectivity index (χ2n) is 9.21. The third kappa shape index (κ3) is 6.54. The van der Waals surface area contributed by atoms with E-state index in [0.29, 0.717) is 41.2 Å². The minimum atomic E-state index is -5.00. The number of benzene rings is 2. The van der Waals surface area contributed by atoms with E-state index < -0.39 is 48.3 Å². The minimum absolute atomic E-state index is 0.0186. The van der Waals surface area contributed by atoms with Crippen molar-refractivity contribution in [2.75, 3.05) is 16.3 Å². The largest absolute Gasteiger partial charge is 0.446 e. The van der Waals surface area contributed by atoms with Crippen molar-refractivity contribution < 1.29 is 35.9 Å². The van der Waals surface area contributed by atoms with Crippen LogP contribution in [0.2, 0.25) is 5.02 Å². The summed E-state index contributed by atoms with van der Waals surface area (Å²) in [5.41, 5.74) is -2.19. The van der Waals surface area contributed by atoms with Gasteiger partial charge in [-0.3, -0.25) is 4.90 Å². The fourth-order valence-corrected chi connectivity index (χ4v) is 4.61. The zero-order chi connectivity index (χ0) is 28.5. The molecule has 0 saturated heterocycles. The lowest BCUT2D eigenvalue weighted by Gasteiger charge is -2.32. The van der Waals surface area contributed by atoms with Gasteiger partial charge in [-0.2, -0.15) is 26.3 Å². The lowest BCUT2D eigenvalue weighted by molar-refractivity contribution is -0.143. The number of aromatic amines is 1. The molecule has 15 heteroatoms. The summed E-state index contributed by atoms with van der Waals surface area (Å²) in [5.74, 6) is 0.0186. The molecule has 210 valence electrons. The highest BCUT2D eigenvalue weighted by molar-refractivity contribution is 6.31. The molecule has 0 fully saturated rings. The Morgan fingerprint density at radius 3 is 2.36 bits per heavy atom. The van der Waals surface area contributed by atoms with Gasteiger partial charge in [0.1, 0.15) is 0 Å². The Kier molecular flexibility index (Phi) is 7.96. The molecule has 1 atom stereocenters. The molecule has 1 unspecified atom stereocenters. The Bertz CT molecular complexity index is 1280. The third-order valence-electron chi connectivity index (χ3n) is 6.04. The first-order valence-electron chi connectivity index (χ1n) is 11.8. The molecule has 39 heavy (non-hydrogen) atoms. The molecule has 2 aromatic carbocycles. The third-order valence-corrected chi connectivity index (χ3v) is 6.28. The average Bonchev–Trinajstić information content (AvgIpc) is 3.30. The maximum absolute atomic E-state index is 13.5. The Morgan fingerprint density at radius 2 is 1.79 bits per heavy atom. The maximum Gasteiger partial charge on any atom is 0.416 e. The maximum atomic E-state index is 13.5. The van der Waals surface area contributed by atoms with Crippen LogP contribution in [-0.2, 0) is 23.6 Å². The first-order valence-corrected chi connectivity index (χ1v) is 12.2. The van der Waals surface area contributed by atoms with Gasteiger partial charge >= 0.3 is 18.4 Å². The second kappa shape index (κ2) is 10.9. The number of fused-ring (bicyclic) bond motifs is 1. The number of nitrogens with zero attached hydrogens (tertiary/aromatic N) is 5. The molecule has 1 amide bonds. The molecule has 1 aromatic heterocycles. The van der Waals surface area contributed by atoms with Crippen molar-refractivity contribution in [3.63, 3.8) is 0 Å². The number of amides is 1. The van der Waals surface area contributed by atoms with Gasteiger partial charge in [0.25, 0.3) is 0 Å². The number of hydrogen-bond donors (Lipinski definition) is 1. The highest BCUT2D eigenvalue weighted by Gasteiger charge is 2.38. The van der Waals surface area contributed by atoms with E-state index in [4.69, 9.17) is 16.3 Å². The Balaban J connectivity index is 1.81. The molecule has 0 aliphatic carbocycles. The van der Waals surface area contributed by atoms with E-state index in [1.165, 1.54) is 9.80 Å². The zero-order valence-electron chi connectivity index (χ0n) is 20.6. The molecule has 1 N–H and O–H groups in total. The van der Waals surface area contributed by atoms with E-state index in [0.717, 1.165) is 0 Å². The lowest BCUT2D eigenvalue weighted by Crippen LogP contribution is -2.34. The number of anilines is 2. The van der Waals surface area contributed by atoms with Gasteiger partial charge in [-0.1, -0.05) is 22.8 Å². The number of hydrogen-bond acceptors (Lipinski definition) is 6. The molecule has 0 radical (unpaired) electrons. The van der Waals surface area contributed by atoms with Crippen LogP contribution in [0.4, 0.5) is 42.8 Å². The zero-order valence-corrected chi connectivity index (χ0v) is 21.4. The second-order valence-corrected chi connectivity index (χ2v) is 9.65. The fourth-order valence-electron chi connectivity index (χ4n) is 4.45. The number of halogens is 7. The standard InChI is InChI=1S/C24H23ClF6N6O2/c1-13(2)39-22(38)36-7-3-4-19(18-6-5-17(25)11-20(18)36)37(21-32-34-35-33-21)12-14-8-15(23(26,27)28)10-16(9-14)24(29,30)31/h5-6,8-11,13,19H,3-4,7,12H2,1-2H3,(H,32,33,34,35). The van der Waals surface area contributed by atoms with Crippen LogP contribution in [0.5, 0.6) is 0 Å². The van der Waals surface area contributed by atoms with E-state index in [1.54, 1.807) is 32.0 Å². The minimum Gasteiger partial charge on any atom is -0.446 e. The van der Waals surface area contributed by atoms with Crippen LogP contribution in [0.1, 0.15) is 55.0 Å². The molecular formula is C24H23ClF6N6O2. The molecule has 3 aromatic rings. The Hall–Kier alpha value is -3.55. The van der Waals surface area contributed by atoms with Gasteiger partial charge < -0.3 is 9.64 Å². The highest BCUT2D eigenvalue weighted by Crippen LogP contribution is 2.41. The summed E-state index contributed by atoms with van der Waals surface area (Å²) in [6.07, 6.45) is -10.3. The van der Waals surface area contributed by atoms with Crippen molar-refractivity contribution in [1.29, 1.82) is 0 Å². The molecule has 0 spiro atoms. The monoisotopic (exact) mass is 576 g/mol. The van der Waals surface area contributed by atoms with Gasteiger partial charge in [-0.15, -0.1) is 0 Å². The summed E-state index contributed by atoms with van der Waals surface area (Å²) in [6, 6.07) is 5.52. The molecule has 2 heterocycles. The predicted molar refractivity (Wildman–Crippen MR) is 129 cm³/mol.